The molecule has 1 N–H and O–H groups in total. The molecule has 1 aromatic carbocycles. The van der Waals surface area contributed by atoms with Crippen molar-refractivity contribution in [3.8, 4) is 0 Å². The standard InChI is InChI=1S/C21H26ClN2OS.Y/c22-18-11-13-24(19(18)5-2-6-20-23-12-14-26-20)17-9-7-16(8-10-17)21(25)15-3-1-4-15;/h7-10,12,15,18-19,21,25H,1-6,11,13H2;/q-1;. The summed E-state index contributed by atoms with van der Waals surface area (Å²) in [5, 5.41) is 14.9. The maximum atomic E-state index is 10.5. The molecule has 1 saturated carbocycles. The molecular weight excluding hydrogens is 453 g/mol. The summed E-state index contributed by atoms with van der Waals surface area (Å²) < 4.78 is 0. The van der Waals surface area contributed by atoms with Crippen molar-refractivity contribution in [1.82, 2.24) is 4.98 Å². The average molecular weight is 479 g/mol. The Morgan fingerprint density at radius 1 is 1.26 bits per heavy atom. The zero-order valence-corrected chi connectivity index (χ0v) is 20.0. The van der Waals surface area contributed by atoms with Gasteiger partial charge < -0.3 is 26.3 Å². The van der Waals surface area contributed by atoms with E-state index in [1.807, 2.05) is 0 Å². The van der Waals surface area contributed by atoms with Crippen LogP contribution in [0, 0.1) is 11.3 Å². The summed E-state index contributed by atoms with van der Waals surface area (Å²) >= 11 is 8.24. The summed E-state index contributed by atoms with van der Waals surface area (Å²) in [6.07, 6.45) is 9.24. The minimum Gasteiger partial charge on any atom is -0.388 e. The van der Waals surface area contributed by atoms with Gasteiger partial charge in [0.15, 0.2) is 0 Å². The van der Waals surface area contributed by atoms with Gasteiger partial charge in [0.25, 0.3) is 0 Å². The van der Waals surface area contributed by atoms with Crippen LogP contribution >= 0.6 is 22.9 Å². The Hall–Kier alpha value is 0.00390. The van der Waals surface area contributed by atoms with Crippen molar-refractivity contribution >= 4 is 28.6 Å². The molecule has 1 aliphatic carbocycles. The first-order valence-electron chi connectivity index (χ1n) is 9.72. The van der Waals surface area contributed by atoms with Gasteiger partial charge in [-0.1, -0.05) is 42.6 Å². The number of rotatable bonds is 7. The molecule has 0 spiro atoms. The first kappa shape index (κ1) is 21.7. The first-order chi connectivity index (χ1) is 12.7. The molecule has 1 radical (unpaired) electrons. The number of aliphatic hydroxyl groups is 1. The molecule has 143 valence electrons. The van der Waals surface area contributed by atoms with Gasteiger partial charge in [0.1, 0.15) is 0 Å². The Labute approximate surface area is 196 Å². The Balaban J connectivity index is 0.00000210. The van der Waals surface area contributed by atoms with Gasteiger partial charge in [-0.05, 0) is 49.3 Å². The van der Waals surface area contributed by atoms with Gasteiger partial charge in [0.2, 0.25) is 0 Å². The van der Waals surface area contributed by atoms with Gasteiger partial charge in [-0.15, -0.1) is 11.6 Å². The largest absolute Gasteiger partial charge is 0.388 e. The number of thiazole rings is 1. The summed E-state index contributed by atoms with van der Waals surface area (Å²) in [6, 6.07) is 8.90. The van der Waals surface area contributed by atoms with E-state index in [-0.39, 0.29) is 44.2 Å². The van der Waals surface area contributed by atoms with Crippen molar-refractivity contribution in [3.63, 3.8) is 0 Å². The topological polar surface area (TPSA) is 36.4 Å². The van der Waals surface area contributed by atoms with Gasteiger partial charge in [0.05, 0.1) is 11.5 Å². The smallest absolute Gasteiger partial charge is 0.0818 e. The maximum Gasteiger partial charge on any atom is 0.0818 e. The van der Waals surface area contributed by atoms with Crippen LogP contribution in [0.2, 0.25) is 0 Å². The second kappa shape index (κ2) is 10.2. The van der Waals surface area contributed by atoms with Crippen LogP contribution in [-0.4, -0.2) is 28.1 Å². The van der Waals surface area contributed by atoms with Crippen LogP contribution in [0.1, 0.15) is 55.2 Å². The van der Waals surface area contributed by atoms with Crippen LogP contribution < -0.4 is 4.90 Å². The van der Waals surface area contributed by atoms with Crippen molar-refractivity contribution in [2.45, 2.75) is 62.5 Å². The summed E-state index contributed by atoms with van der Waals surface area (Å²) in [7, 11) is 0. The van der Waals surface area contributed by atoms with Crippen LogP contribution in [0.25, 0.3) is 0 Å². The molecule has 4 rings (SSSR count). The Kier molecular flexibility index (Phi) is 8.17. The zero-order valence-electron chi connectivity index (χ0n) is 15.6. The second-order valence-corrected chi connectivity index (χ2v) is 9.03. The molecule has 0 bridgehead atoms. The Morgan fingerprint density at radius 2 is 2.04 bits per heavy atom. The summed E-state index contributed by atoms with van der Waals surface area (Å²) in [5.41, 5.74) is 2.28. The van der Waals surface area contributed by atoms with Crippen molar-refractivity contribution < 1.29 is 37.8 Å². The minimum atomic E-state index is -0.303. The molecule has 1 aromatic heterocycles. The van der Waals surface area contributed by atoms with Crippen LogP contribution in [0.15, 0.2) is 30.5 Å². The van der Waals surface area contributed by atoms with Gasteiger partial charge >= 0.3 is 0 Å². The summed E-state index contributed by atoms with van der Waals surface area (Å²) in [4.78, 5) is 6.77. The van der Waals surface area contributed by atoms with Crippen LogP contribution in [0.4, 0.5) is 5.69 Å². The number of benzene rings is 1. The fourth-order valence-electron chi connectivity index (χ4n) is 4.16. The van der Waals surface area contributed by atoms with E-state index < -0.39 is 0 Å². The van der Waals surface area contributed by atoms with Gasteiger partial charge in [-0.2, -0.15) is 5.38 Å². The Morgan fingerprint density at radius 3 is 2.67 bits per heavy atom. The number of aliphatic hydroxyl groups excluding tert-OH is 1. The van der Waals surface area contributed by atoms with Crippen molar-refractivity contribution in [1.29, 1.82) is 0 Å². The van der Waals surface area contributed by atoms with Crippen LogP contribution in [0.3, 0.4) is 0 Å². The number of aryl methyl sites for hydroxylation is 1. The molecule has 0 amide bonds. The molecule has 2 aliphatic rings. The third-order valence-electron chi connectivity index (χ3n) is 5.95. The summed E-state index contributed by atoms with van der Waals surface area (Å²) in [5.74, 6) is 0.454. The zero-order chi connectivity index (χ0) is 17.9. The van der Waals surface area contributed by atoms with E-state index in [2.05, 4.69) is 39.5 Å². The molecule has 3 nitrogen and oxygen atoms in total. The molecule has 1 aliphatic heterocycles. The normalized spacial score (nSPS) is 23.7. The van der Waals surface area contributed by atoms with Gasteiger partial charge in [0, 0.05) is 51.0 Å². The van der Waals surface area contributed by atoms with E-state index >= 15 is 0 Å². The van der Waals surface area contributed by atoms with Crippen LogP contribution in [0.5, 0.6) is 0 Å². The predicted molar refractivity (Wildman–Crippen MR) is 108 cm³/mol. The number of alkyl halides is 1. The fourth-order valence-corrected chi connectivity index (χ4v) is 5.11. The Bertz CT molecular complexity index is 693. The molecule has 2 heterocycles. The van der Waals surface area contributed by atoms with E-state index in [0.717, 1.165) is 55.6 Å². The third-order valence-corrected chi connectivity index (χ3v) is 7.23. The SMILES string of the molecule is OC(c1ccc(N2CCC(Cl)C2CCCc2nc[c-]s2)cc1)C1CCC1.[Y]. The van der Waals surface area contributed by atoms with Gasteiger partial charge in [-0.3, -0.25) is 0 Å². The molecule has 1 saturated heterocycles. The van der Waals surface area contributed by atoms with Crippen molar-refractivity contribution in [3.05, 3.63) is 46.4 Å². The maximum absolute atomic E-state index is 10.5. The first-order valence-corrected chi connectivity index (χ1v) is 11.0. The van der Waals surface area contributed by atoms with Crippen molar-refractivity contribution in [2.24, 2.45) is 5.92 Å². The molecule has 27 heavy (non-hydrogen) atoms. The monoisotopic (exact) mass is 478 g/mol. The molecule has 3 atom stereocenters. The molecule has 2 fully saturated rings. The number of halogens is 1. The van der Waals surface area contributed by atoms with E-state index in [4.69, 9.17) is 11.6 Å². The number of aromatic nitrogens is 1. The number of anilines is 1. The van der Waals surface area contributed by atoms with E-state index in [9.17, 15) is 5.11 Å². The molecule has 2 aromatic rings. The second-order valence-electron chi connectivity index (χ2n) is 7.56. The van der Waals surface area contributed by atoms with Crippen LogP contribution in [-0.2, 0) is 39.1 Å². The number of hydrogen-bond donors (Lipinski definition) is 1. The quantitative estimate of drug-likeness (QED) is 0.450. The van der Waals surface area contributed by atoms with Gasteiger partial charge in [-0.25, -0.2) is 0 Å². The predicted octanol–water partition coefficient (Wildman–Crippen LogP) is 4.98. The summed E-state index contributed by atoms with van der Waals surface area (Å²) in [6.45, 7) is 1.01. The average Bonchev–Trinajstić information content (AvgIpc) is 3.24. The van der Waals surface area contributed by atoms with E-state index in [1.165, 1.54) is 12.1 Å². The van der Waals surface area contributed by atoms with E-state index in [0.29, 0.717) is 12.0 Å². The van der Waals surface area contributed by atoms with E-state index in [1.54, 1.807) is 17.5 Å². The van der Waals surface area contributed by atoms with Crippen molar-refractivity contribution in [2.75, 3.05) is 11.4 Å². The minimum absolute atomic E-state index is 0. The fraction of sp³-hybridized carbons (Fsp3) is 0.571. The number of nitrogens with zero attached hydrogens (tertiary/aromatic N) is 2. The molecule has 3 unspecified atom stereocenters. The third kappa shape index (κ3) is 5.14. The number of hydrogen-bond acceptors (Lipinski definition) is 4. The molecular formula is C21H26ClN2OSY-. The molecule has 6 heteroatoms.